The minimum atomic E-state index is 0.322. The Bertz CT molecular complexity index is 630. The maximum Gasteiger partial charge on any atom is 0.260 e. The molecule has 0 saturated carbocycles. The van der Waals surface area contributed by atoms with Crippen molar-refractivity contribution in [1.82, 2.24) is 30.5 Å². The van der Waals surface area contributed by atoms with Crippen molar-refractivity contribution in [1.29, 1.82) is 0 Å². The van der Waals surface area contributed by atoms with Gasteiger partial charge in [0.1, 0.15) is 0 Å². The predicted octanol–water partition coefficient (Wildman–Crippen LogP) is 0.499. The summed E-state index contributed by atoms with van der Waals surface area (Å²) in [6.07, 6.45) is 4.63. The summed E-state index contributed by atoms with van der Waals surface area (Å²) in [5.41, 5.74) is 7.38. The van der Waals surface area contributed by atoms with Gasteiger partial charge in [-0.15, -0.1) is 0 Å². The summed E-state index contributed by atoms with van der Waals surface area (Å²) < 4.78 is 5.10. The zero-order valence-electron chi connectivity index (χ0n) is 8.53. The molecule has 8 heteroatoms. The lowest BCUT2D eigenvalue weighted by Crippen LogP contribution is -1.90. The third-order valence-corrected chi connectivity index (χ3v) is 2.15. The van der Waals surface area contributed by atoms with Crippen LogP contribution in [-0.2, 0) is 0 Å². The first-order valence-corrected chi connectivity index (χ1v) is 4.74. The second-order valence-electron chi connectivity index (χ2n) is 3.24. The molecule has 8 nitrogen and oxygen atoms in total. The second kappa shape index (κ2) is 3.67. The fourth-order valence-electron chi connectivity index (χ4n) is 1.35. The lowest BCUT2D eigenvalue weighted by Gasteiger charge is -1.96. The molecule has 0 aliphatic heterocycles. The van der Waals surface area contributed by atoms with Crippen molar-refractivity contribution >= 4 is 5.69 Å². The van der Waals surface area contributed by atoms with Crippen LogP contribution in [0.25, 0.3) is 23.0 Å². The van der Waals surface area contributed by atoms with Crippen molar-refractivity contribution in [3.63, 3.8) is 0 Å². The summed E-state index contributed by atoms with van der Waals surface area (Å²) >= 11 is 0. The fourth-order valence-corrected chi connectivity index (χ4v) is 1.35. The fraction of sp³-hybridized carbons (Fsp3) is 0. The van der Waals surface area contributed by atoms with E-state index in [4.69, 9.17) is 10.3 Å². The molecule has 0 unspecified atom stereocenters. The first-order valence-electron chi connectivity index (χ1n) is 4.74. The van der Waals surface area contributed by atoms with Crippen molar-refractivity contribution in [2.24, 2.45) is 0 Å². The van der Waals surface area contributed by atoms with Crippen LogP contribution >= 0.6 is 0 Å². The highest BCUT2D eigenvalue weighted by Crippen LogP contribution is 2.24. The molecule has 17 heavy (non-hydrogen) atoms. The van der Waals surface area contributed by atoms with Crippen LogP contribution in [0.3, 0.4) is 0 Å². The zero-order chi connectivity index (χ0) is 11.7. The molecule has 3 heterocycles. The summed E-state index contributed by atoms with van der Waals surface area (Å²) in [6.45, 7) is 0. The molecule has 84 valence electrons. The number of hydrogen-bond donors (Lipinski definition) is 2. The third kappa shape index (κ3) is 1.61. The number of aromatic amines is 1. The Labute approximate surface area is 94.9 Å². The lowest BCUT2D eigenvalue weighted by molar-refractivity contribution is 0.432. The number of nitrogens with two attached hydrogens (primary N) is 1. The SMILES string of the molecule is Nc1cnccc1-c1nc(-c2cn[nH]n2)no1. The first kappa shape index (κ1) is 9.46. The van der Waals surface area contributed by atoms with E-state index in [9.17, 15) is 0 Å². The maximum absolute atomic E-state index is 5.76. The lowest BCUT2D eigenvalue weighted by atomic mass is 10.2. The molecule has 0 radical (unpaired) electrons. The van der Waals surface area contributed by atoms with E-state index in [0.29, 0.717) is 28.7 Å². The van der Waals surface area contributed by atoms with Gasteiger partial charge in [0, 0.05) is 6.20 Å². The highest BCUT2D eigenvalue weighted by atomic mass is 16.5. The Morgan fingerprint density at radius 1 is 1.29 bits per heavy atom. The normalized spacial score (nSPS) is 10.6. The van der Waals surface area contributed by atoms with Gasteiger partial charge in [0.2, 0.25) is 5.82 Å². The van der Waals surface area contributed by atoms with E-state index in [1.807, 2.05) is 0 Å². The summed E-state index contributed by atoms with van der Waals surface area (Å²) in [7, 11) is 0. The largest absolute Gasteiger partial charge is 0.397 e. The Balaban J connectivity index is 2.04. The van der Waals surface area contributed by atoms with Gasteiger partial charge in [-0.1, -0.05) is 5.16 Å². The molecule has 3 aromatic heterocycles. The summed E-state index contributed by atoms with van der Waals surface area (Å²) in [4.78, 5) is 8.06. The van der Waals surface area contributed by atoms with E-state index >= 15 is 0 Å². The molecule has 0 atom stereocenters. The highest BCUT2D eigenvalue weighted by molar-refractivity contribution is 5.69. The number of rotatable bonds is 2. The van der Waals surface area contributed by atoms with Crippen LogP contribution in [0.2, 0.25) is 0 Å². The first-order chi connectivity index (χ1) is 8.34. The van der Waals surface area contributed by atoms with Gasteiger partial charge < -0.3 is 10.3 Å². The topological polar surface area (TPSA) is 119 Å². The Kier molecular flexibility index (Phi) is 2.04. The Morgan fingerprint density at radius 2 is 2.24 bits per heavy atom. The molecular formula is C9H7N7O. The number of anilines is 1. The zero-order valence-corrected chi connectivity index (χ0v) is 8.53. The van der Waals surface area contributed by atoms with Crippen LogP contribution < -0.4 is 5.73 Å². The average molecular weight is 229 g/mol. The van der Waals surface area contributed by atoms with E-state index in [1.54, 1.807) is 12.3 Å². The number of nitrogens with one attached hydrogen (secondary N) is 1. The van der Waals surface area contributed by atoms with Gasteiger partial charge in [0.05, 0.1) is 23.6 Å². The van der Waals surface area contributed by atoms with E-state index in [0.717, 1.165) is 0 Å². The van der Waals surface area contributed by atoms with Crippen LogP contribution in [0.4, 0.5) is 5.69 Å². The van der Waals surface area contributed by atoms with Gasteiger partial charge in [-0.05, 0) is 6.07 Å². The van der Waals surface area contributed by atoms with Gasteiger partial charge in [-0.2, -0.15) is 20.4 Å². The summed E-state index contributed by atoms with van der Waals surface area (Å²) in [6, 6.07) is 1.70. The molecule has 3 rings (SSSR count). The van der Waals surface area contributed by atoms with Crippen molar-refractivity contribution in [2.75, 3.05) is 5.73 Å². The summed E-state index contributed by atoms with van der Waals surface area (Å²) in [5.74, 6) is 0.674. The van der Waals surface area contributed by atoms with Gasteiger partial charge in [-0.3, -0.25) is 4.98 Å². The van der Waals surface area contributed by atoms with Gasteiger partial charge in [0.15, 0.2) is 5.69 Å². The number of nitrogen functional groups attached to an aromatic ring is 1. The smallest absolute Gasteiger partial charge is 0.260 e. The highest BCUT2D eigenvalue weighted by Gasteiger charge is 2.14. The van der Waals surface area contributed by atoms with Gasteiger partial charge in [0.25, 0.3) is 5.89 Å². The van der Waals surface area contributed by atoms with E-state index in [-0.39, 0.29) is 0 Å². The van der Waals surface area contributed by atoms with Crippen molar-refractivity contribution in [2.45, 2.75) is 0 Å². The monoisotopic (exact) mass is 229 g/mol. The van der Waals surface area contributed by atoms with E-state index in [1.165, 1.54) is 12.4 Å². The molecule has 0 bridgehead atoms. The van der Waals surface area contributed by atoms with Gasteiger partial charge in [-0.25, -0.2) is 0 Å². The Hall–Kier alpha value is -2.77. The van der Waals surface area contributed by atoms with E-state index < -0.39 is 0 Å². The molecule has 0 fully saturated rings. The number of pyridine rings is 1. The van der Waals surface area contributed by atoms with E-state index in [2.05, 4.69) is 30.5 Å². The van der Waals surface area contributed by atoms with Crippen LogP contribution in [0.5, 0.6) is 0 Å². The van der Waals surface area contributed by atoms with Crippen molar-refractivity contribution in [3.8, 4) is 23.0 Å². The summed E-state index contributed by atoms with van der Waals surface area (Å²) in [5, 5.41) is 13.8. The maximum atomic E-state index is 5.76. The Morgan fingerprint density at radius 3 is 3.00 bits per heavy atom. The minimum Gasteiger partial charge on any atom is -0.397 e. The third-order valence-electron chi connectivity index (χ3n) is 2.15. The number of H-pyrrole nitrogens is 1. The van der Waals surface area contributed by atoms with Crippen LogP contribution in [-0.4, -0.2) is 30.5 Å². The second-order valence-corrected chi connectivity index (χ2v) is 3.24. The standard InChI is InChI=1S/C9H7N7O/c10-6-3-11-2-1-5(6)9-13-8(15-17-9)7-4-12-16-14-7/h1-4H,10H2,(H,12,14,16). The van der Waals surface area contributed by atoms with Crippen molar-refractivity contribution in [3.05, 3.63) is 24.7 Å². The van der Waals surface area contributed by atoms with Crippen LogP contribution in [0, 0.1) is 0 Å². The molecule has 3 aromatic rings. The minimum absolute atomic E-state index is 0.322. The van der Waals surface area contributed by atoms with Crippen LogP contribution in [0.15, 0.2) is 29.2 Å². The molecule has 0 aromatic carbocycles. The molecule has 3 N–H and O–H groups in total. The molecule has 0 spiro atoms. The quantitative estimate of drug-likeness (QED) is 0.656. The molecule has 0 aliphatic carbocycles. The average Bonchev–Trinajstić information content (AvgIpc) is 3.00. The molecule has 0 saturated heterocycles. The molecular weight excluding hydrogens is 222 g/mol. The van der Waals surface area contributed by atoms with Crippen molar-refractivity contribution < 1.29 is 4.52 Å². The molecule has 0 aliphatic rings. The van der Waals surface area contributed by atoms with Gasteiger partial charge >= 0.3 is 0 Å². The number of aromatic nitrogens is 6. The number of nitrogens with zero attached hydrogens (tertiary/aromatic N) is 5. The molecule has 0 amide bonds. The van der Waals surface area contributed by atoms with Crippen LogP contribution in [0.1, 0.15) is 0 Å². The predicted molar refractivity (Wildman–Crippen MR) is 57.3 cm³/mol. The number of hydrogen-bond acceptors (Lipinski definition) is 7.